The Balaban J connectivity index is 1.96. The molecule has 0 aliphatic heterocycles. The standard InChI is InChI=1S/C11H16N2O3/c1-2-9-12-10(13-16-9)7-3-5-8(6-4-7)11(14)15/h7-8H,2-6H2,1H3,(H,14,15). The molecule has 1 fully saturated rings. The molecule has 1 N–H and O–H groups in total. The van der Waals surface area contributed by atoms with E-state index in [0.29, 0.717) is 5.89 Å². The Morgan fingerprint density at radius 1 is 1.44 bits per heavy atom. The number of aromatic nitrogens is 2. The first kappa shape index (κ1) is 11.1. The molecule has 0 amide bonds. The molecule has 0 atom stereocenters. The predicted octanol–water partition coefficient (Wildman–Crippen LogP) is 1.99. The average molecular weight is 224 g/mol. The van der Waals surface area contributed by atoms with Crippen LogP contribution in [0.25, 0.3) is 0 Å². The molecule has 1 aliphatic carbocycles. The van der Waals surface area contributed by atoms with E-state index >= 15 is 0 Å². The maximum absolute atomic E-state index is 10.8. The molecule has 1 aromatic heterocycles. The molecular formula is C11H16N2O3. The summed E-state index contributed by atoms with van der Waals surface area (Å²) >= 11 is 0. The fourth-order valence-corrected chi connectivity index (χ4v) is 2.18. The number of hydrogen-bond donors (Lipinski definition) is 1. The highest BCUT2D eigenvalue weighted by molar-refractivity contribution is 5.70. The van der Waals surface area contributed by atoms with E-state index in [9.17, 15) is 4.79 Å². The third-order valence-electron chi connectivity index (χ3n) is 3.23. The molecule has 1 aliphatic rings. The van der Waals surface area contributed by atoms with Crippen LogP contribution in [-0.4, -0.2) is 21.2 Å². The van der Waals surface area contributed by atoms with Crippen LogP contribution < -0.4 is 0 Å². The van der Waals surface area contributed by atoms with Gasteiger partial charge in [-0.1, -0.05) is 12.1 Å². The summed E-state index contributed by atoms with van der Waals surface area (Å²) in [6, 6.07) is 0. The zero-order valence-corrected chi connectivity index (χ0v) is 9.35. The summed E-state index contributed by atoms with van der Waals surface area (Å²) in [6.45, 7) is 1.97. The molecular weight excluding hydrogens is 208 g/mol. The SMILES string of the molecule is CCc1nc(C2CCC(C(=O)O)CC2)no1. The number of nitrogens with zero attached hydrogens (tertiary/aromatic N) is 2. The van der Waals surface area contributed by atoms with Crippen molar-refractivity contribution in [1.29, 1.82) is 0 Å². The minimum absolute atomic E-state index is 0.186. The van der Waals surface area contributed by atoms with Crippen molar-refractivity contribution in [3.8, 4) is 0 Å². The fourth-order valence-electron chi connectivity index (χ4n) is 2.18. The number of carbonyl (C=O) groups is 1. The third-order valence-corrected chi connectivity index (χ3v) is 3.23. The molecule has 0 saturated heterocycles. The molecule has 2 rings (SSSR count). The summed E-state index contributed by atoms with van der Waals surface area (Å²) in [6.07, 6.45) is 3.88. The number of carboxylic acids is 1. The molecule has 88 valence electrons. The van der Waals surface area contributed by atoms with Gasteiger partial charge in [0.2, 0.25) is 5.89 Å². The first-order chi connectivity index (χ1) is 7.70. The second-order valence-corrected chi connectivity index (χ2v) is 4.29. The quantitative estimate of drug-likeness (QED) is 0.849. The molecule has 0 bridgehead atoms. The van der Waals surface area contributed by atoms with Crippen LogP contribution in [0, 0.1) is 5.92 Å². The van der Waals surface area contributed by atoms with E-state index in [-0.39, 0.29) is 11.8 Å². The van der Waals surface area contributed by atoms with Gasteiger partial charge >= 0.3 is 5.97 Å². The largest absolute Gasteiger partial charge is 0.481 e. The van der Waals surface area contributed by atoms with Gasteiger partial charge in [-0.15, -0.1) is 0 Å². The Morgan fingerprint density at radius 2 is 2.12 bits per heavy atom. The van der Waals surface area contributed by atoms with Gasteiger partial charge in [0.25, 0.3) is 0 Å². The molecule has 16 heavy (non-hydrogen) atoms. The average Bonchev–Trinajstić information content (AvgIpc) is 2.77. The van der Waals surface area contributed by atoms with Crippen LogP contribution in [-0.2, 0) is 11.2 Å². The maximum atomic E-state index is 10.8. The molecule has 0 spiro atoms. The monoisotopic (exact) mass is 224 g/mol. The highest BCUT2D eigenvalue weighted by Gasteiger charge is 2.29. The second-order valence-electron chi connectivity index (χ2n) is 4.29. The number of carboxylic acid groups (broad SMARTS) is 1. The normalized spacial score (nSPS) is 25.6. The van der Waals surface area contributed by atoms with E-state index in [1.54, 1.807) is 0 Å². The topological polar surface area (TPSA) is 76.2 Å². The summed E-state index contributed by atoms with van der Waals surface area (Å²) < 4.78 is 5.06. The van der Waals surface area contributed by atoms with Crippen LogP contribution in [0.2, 0.25) is 0 Å². The molecule has 5 heteroatoms. The maximum Gasteiger partial charge on any atom is 0.306 e. The minimum Gasteiger partial charge on any atom is -0.481 e. The lowest BCUT2D eigenvalue weighted by Gasteiger charge is -2.23. The van der Waals surface area contributed by atoms with Crippen molar-refractivity contribution < 1.29 is 14.4 Å². The second kappa shape index (κ2) is 4.63. The Kier molecular flexibility index (Phi) is 3.22. The van der Waals surface area contributed by atoms with Crippen LogP contribution in [0.5, 0.6) is 0 Å². The zero-order chi connectivity index (χ0) is 11.5. The number of hydrogen-bond acceptors (Lipinski definition) is 4. The fraction of sp³-hybridized carbons (Fsp3) is 0.727. The van der Waals surface area contributed by atoms with Crippen LogP contribution in [0.4, 0.5) is 0 Å². The van der Waals surface area contributed by atoms with Gasteiger partial charge < -0.3 is 9.63 Å². The van der Waals surface area contributed by atoms with Crippen molar-refractivity contribution in [3.05, 3.63) is 11.7 Å². The Bertz CT molecular complexity index is 367. The van der Waals surface area contributed by atoms with Gasteiger partial charge in [0.1, 0.15) is 0 Å². The molecule has 1 heterocycles. The van der Waals surface area contributed by atoms with Gasteiger partial charge in [0.05, 0.1) is 5.92 Å². The minimum atomic E-state index is -0.680. The van der Waals surface area contributed by atoms with Gasteiger partial charge in [0.15, 0.2) is 5.82 Å². The van der Waals surface area contributed by atoms with Crippen molar-refractivity contribution in [2.45, 2.75) is 44.9 Å². The van der Waals surface area contributed by atoms with Crippen molar-refractivity contribution in [2.75, 3.05) is 0 Å². The first-order valence-corrected chi connectivity index (χ1v) is 5.76. The first-order valence-electron chi connectivity index (χ1n) is 5.76. The highest BCUT2D eigenvalue weighted by atomic mass is 16.5. The van der Waals surface area contributed by atoms with Crippen molar-refractivity contribution in [3.63, 3.8) is 0 Å². The van der Waals surface area contributed by atoms with Crippen LogP contribution >= 0.6 is 0 Å². The van der Waals surface area contributed by atoms with Crippen LogP contribution in [0.15, 0.2) is 4.52 Å². The summed E-state index contributed by atoms with van der Waals surface area (Å²) in [5, 5.41) is 12.8. The zero-order valence-electron chi connectivity index (χ0n) is 9.35. The Morgan fingerprint density at radius 3 is 2.62 bits per heavy atom. The van der Waals surface area contributed by atoms with Gasteiger partial charge in [-0.05, 0) is 25.7 Å². The molecule has 1 saturated carbocycles. The van der Waals surface area contributed by atoms with E-state index in [2.05, 4.69) is 10.1 Å². The predicted molar refractivity (Wildman–Crippen MR) is 56.0 cm³/mol. The van der Waals surface area contributed by atoms with E-state index in [0.717, 1.165) is 37.9 Å². The lowest BCUT2D eigenvalue weighted by atomic mass is 9.82. The molecule has 0 aromatic carbocycles. The Labute approximate surface area is 93.9 Å². The number of rotatable bonds is 3. The summed E-state index contributed by atoms with van der Waals surface area (Å²) in [5.74, 6) is 0.824. The summed E-state index contributed by atoms with van der Waals surface area (Å²) in [7, 11) is 0. The Hall–Kier alpha value is -1.39. The van der Waals surface area contributed by atoms with E-state index < -0.39 is 5.97 Å². The van der Waals surface area contributed by atoms with E-state index in [1.165, 1.54) is 0 Å². The van der Waals surface area contributed by atoms with Crippen molar-refractivity contribution >= 4 is 5.97 Å². The lowest BCUT2D eigenvalue weighted by Crippen LogP contribution is -2.21. The number of aliphatic carboxylic acids is 1. The third kappa shape index (κ3) is 2.23. The lowest BCUT2D eigenvalue weighted by molar-refractivity contribution is -0.142. The van der Waals surface area contributed by atoms with Crippen molar-refractivity contribution in [1.82, 2.24) is 10.1 Å². The van der Waals surface area contributed by atoms with E-state index in [1.807, 2.05) is 6.92 Å². The molecule has 0 radical (unpaired) electrons. The van der Waals surface area contributed by atoms with Gasteiger partial charge in [-0.2, -0.15) is 4.98 Å². The summed E-state index contributed by atoms with van der Waals surface area (Å²) in [5.41, 5.74) is 0. The summed E-state index contributed by atoms with van der Waals surface area (Å²) in [4.78, 5) is 15.1. The molecule has 1 aromatic rings. The molecule has 5 nitrogen and oxygen atoms in total. The van der Waals surface area contributed by atoms with Gasteiger partial charge in [-0.25, -0.2) is 0 Å². The van der Waals surface area contributed by atoms with Crippen molar-refractivity contribution in [2.24, 2.45) is 5.92 Å². The van der Waals surface area contributed by atoms with Crippen LogP contribution in [0.3, 0.4) is 0 Å². The number of aryl methyl sites for hydroxylation is 1. The van der Waals surface area contributed by atoms with Gasteiger partial charge in [-0.3, -0.25) is 4.79 Å². The molecule has 0 unspecified atom stereocenters. The van der Waals surface area contributed by atoms with Gasteiger partial charge in [0, 0.05) is 12.3 Å². The smallest absolute Gasteiger partial charge is 0.306 e. The van der Waals surface area contributed by atoms with E-state index in [4.69, 9.17) is 9.63 Å². The highest BCUT2D eigenvalue weighted by Crippen LogP contribution is 2.34. The van der Waals surface area contributed by atoms with Crippen LogP contribution in [0.1, 0.15) is 50.2 Å².